The molecule has 2 aromatic rings. The van der Waals surface area contributed by atoms with Crippen molar-refractivity contribution in [2.24, 2.45) is 0 Å². The quantitative estimate of drug-likeness (QED) is 0.921. The highest BCUT2D eigenvalue weighted by atomic mass is 16.5. The number of rotatable bonds is 5. The summed E-state index contributed by atoms with van der Waals surface area (Å²) < 4.78 is 5.68. The van der Waals surface area contributed by atoms with Gasteiger partial charge in [-0.3, -0.25) is 4.90 Å². The summed E-state index contributed by atoms with van der Waals surface area (Å²) in [6.45, 7) is 4.94. The highest BCUT2D eigenvalue weighted by Gasteiger charge is 2.18. The first-order valence-corrected chi connectivity index (χ1v) is 7.87. The molecule has 116 valence electrons. The van der Waals surface area contributed by atoms with Crippen molar-refractivity contribution in [3.63, 3.8) is 0 Å². The molecule has 3 heteroatoms. The maximum atomic E-state index is 10.2. The minimum Gasteiger partial charge on any atom is -0.491 e. The zero-order valence-corrected chi connectivity index (χ0v) is 13.0. The van der Waals surface area contributed by atoms with Crippen molar-refractivity contribution in [1.29, 1.82) is 0 Å². The second kappa shape index (κ2) is 6.95. The molecule has 0 aromatic heterocycles. The van der Waals surface area contributed by atoms with E-state index < -0.39 is 6.10 Å². The Morgan fingerprint density at radius 1 is 1.14 bits per heavy atom. The van der Waals surface area contributed by atoms with Crippen molar-refractivity contribution in [1.82, 2.24) is 4.90 Å². The maximum Gasteiger partial charge on any atom is 0.119 e. The second-order valence-corrected chi connectivity index (χ2v) is 6.04. The average Bonchev–Trinajstić information content (AvgIpc) is 2.53. The van der Waals surface area contributed by atoms with Gasteiger partial charge in [0.15, 0.2) is 0 Å². The van der Waals surface area contributed by atoms with Gasteiger partial charge in [-0.25, -0.2) is 0 Å². The van der Waals surface area contributed by atoms with Gasteiger partial charge >= 0.3 is 0 Å². The van der Waals surface area contributed by atoms with Crippen molar-refractivity contribution < 1.29 is 9.84 Å². The molecule has 3 nitrogen and oxygen atoms in total. The molecular formula is C19H23NO2. The van der Waals surface area contributed by atoms with Crippen LogP contribution in [0.25, 0.3) is 0 Å². The lowest BCUT2D eigenvalue weighted by Crippen LogP contribution is -2.38. The van der Waals surface area contributed by atoms with Gasteiger partial charge in [0.1, 0.15) is 18.5 Å². The standard InChI is InChI=1S/C19H23NO2/c1-15-5-4-8-19(11-15)22-14-18(21)13-20-10-9-16-6-2-3-7-17(16)12-20/h2-8,11,18,21H,9-10,12-14H2,1H3/t18-/m0/s1. The predicted octanol–water partition coefficient (Wildman–Crippen LogP) is 2.79. The van der Waals surface area contributed by atoms with E-state index in [1.54, 1.807) is 0 Å². The van der Waals surface area contributed by atoms with E-state index in [-0.39, 0.29) is 0 Å². The molecular weight excluding hydrogens is 274 g/mol. The fourth-order valence-corrected chi connectivity index (χ4v) is 2.96. The normalized spacial score (nSPS) is 16.1. The van der Waals surface area contributed by atoms with E-state index in [1.807, 2.05) is 31.2 Å². The lowest BCUT2D eigenvalue weighted by molar-refractivity contribution is 0.0637. The van der Waals surface area contributed by atoms with E-state index in [2.05, 4.69) is 29.2 Å². The number of aryl methyl sites for hydroxylation is 1. The van der Waals surface area contributed by atoms with E-state index in [0.29, 0.717) is 13.2 Å². The van der Waals surface area contributed by atoms with Crippen LogP contribution in [0.5, 0.6) is 5.75 Å². The van der Waals surface area contributed by atoms with Crippen LogP contribution in [0, 0.1) is 6.92 Å². The minimum absolute atomic E-state index is 0.335. The van der Waals surface area contributed by atoms with Crippen molar-refractivity contribution in [3.05, 3.63) is 65.2 Å². The van der Waals surface area contributed by atoms with E-state index in [1.165, 1.54) is 16.7 Å². The van der Waals surface area contributed by atoms with Crippen LogP contribution in [0.2, 0.25) is 0 Å². The zero-order chi connectivity index (χ0) is 15.4. The number of hydrogen-bond donors (Lipinski definition) is 1. The van der Waals surface area contributed by atoms with Gasteiger partial charge in [0.2, 0.25) is 0 Å². The second-order valence-electron chi connectivity index (χ2n) is 6.04. The SMILES string of the molecule is Cc1cccc(OC[C@@H](O)CN2CCc3ccccc3C2)c1. The third kappa shape index (κ3) is 3.87. The Kier molecular flexibility index (Phi) is 4.76. The molecule has 22 heavy (non-hydrogen) atoms. The van der Waals surface area contributed by atoms with Crippen molar-refractivity contribution in [2.45, 2.75) is 26.0 Å². The number of aliphatic hydroxyl groups is 1. The first-order chi connectivity index (χ1) is 10.7. The molecule has 1 aliphatic rings. The molecule has 0 fully saturated rings. The van der Waals surface area contributed by atoms with Gasteiger partial charge in [0, 0.05) is 19.6 Å². The molecule has 0 unspecified atom stereocenters. The Bertz CT molecular complexity index is 626. The van der Waals surface area contributed by atoms with Crippen LogP contribution in [-0.2, 0) is 13.0 Å². The first kappa shape index (κ1) is 15.1. The molecule has 3 rings (SSSR count). The maximum absolute atomic E-state index is 10.2. The van der Waals surface area contributed by atoms with Gasteiger partial charge in [0.25, 0.3) is 0 Å². The Labute approximate surface area is 132 Å². The Balaban J connectivity index is 1.49. The number of fused-ring (bicyclic) bond motifs is 1. The zero-order valence-electron chi connectivity index (χ0n) is 13.0. The molecule has 2 aromatic carbocycles. The topological polar surface area (TPSA) is 32.7 Å². The lowest BCUT2D eigenvalue weighted by Gasteiger charge is -2.30. The first-order valence-electron chi connectivity index (χ1n) is 7.87. The van der Waals surface area contributed by atoms with Crippen LogP contribution in [0.1, 0.15) is 16.7 Å². The molecule has 0 radical (unpaired) electrons. The van der Waals surface area contributed by atoms with E-state index in [4.69, 9.17) is 4.74 Å². The molecule has 0 saturated heterocycles. The van der Waals surface area contributed by atoms with E-state index in [9.17, 15) is 5.11 Å². The van der Waals surface area contributed by atoms with Crippen LogP contribution in [0.15, 0.2) is 48.5 Å². The molecule has 0 amide bonds. The van der Waals surface area contributed by atoms with Crippen LogP contribution >= 0.6 is 0 Å². The summed E-state index contributed by atoms with van der Waals surface area (Å²) in [4.78, 5) is 2.30. The number of aliphatic hydroxyl groups excluding tert-OH is 1. The summed E-state index contributed by atoms with van der Waals surface area (Å²) in [5.41, 5.74) is 3.98. The van der Waals surface area contributed by atoms with Crippen LogP contribution < -0.4 is 4.74 Å². The van der Waals surface area contributed by atoms with Crippen molar-refractivity contribution in [3.8, 4) is 5.75 Å². The fraction of sp³-hybridized carbons (Fsp3) is 0.368. The molecule has 1 N–H and O–H groups in total. The third-order valence-electron chi connectivity index (χ3n) is 4.11. The van der Waals surface area contributed by atoms with E-state index >= 15 is 0 Å². The number of β-amino-alcohol motifs (C(OH)–C–C–N with tert-alkyl or cyclic N) is 1. The average molecular weight is 297 g/mol. The Morgan fingerprint density at radius 3 is 2.77 bits per heavy atom. The van der Waals surface area contributed by atoms with E-state index in [0.717, 1.165) is 25.3 Å². The molecule has 1 atom stereocenters. The number of nitrogens with zero attached hydrogens (tertiary/aromatic N) is 1. The number of benzene rings is 2. The van der Waals surface area contributed by atoms with Crippen LogP contribution in [0.4, 0.5) is 0 Å². The van der Waals surface area contributed by atoms with Gasteiger partial charge in [-0.05, 0) is 42.2 Å². The number of hydrogen-bond acceptors (Lipinski definition) is 3. The Morgan fingerprint density at radius 2 is 1.95 bits per heavy atom. The predicted molar refractivity (Wildman–Crippen MR) is 88.1 cm³/mol. The molecule has 1 aliphatic heterocycles. The lowest BCUT2D eigenvalue weighted by atomic mass is 10.00. The molecule has 0 aliphatic carbocycles. The monoisotopic (exact) mass is 297 g/mol. The summed E-state index contributed by atoms with van der Waals surface area (Å²) in [7, 11) is 0. The summed E-state index contributed by atoms with van der Waals surface area (Å²) >= 11 is 0. The highest BCUT2D eigenvalue weighted by molar-refractivity contribution is 5.29. The van der Waals surface area contributed by atoms with Crippen LogP contribution in [-0.4, -0.2) is 35.8 Å². The molecule has 0 spiro atoms. The summed E-state index contributed by atoms with van der Waals surface area (Å²) in [6, 6.07) is 16.5. The highest BCUT2D eigenvalue weighted by Crippen LogP contribution is 2.19. The third-order valence-corrected chi connectivity index (χ3v) is 4.11. The van der Waals surface area contributed by atoms with Gasteiger partial charge in [-0.2, -0.15) is 0 Å². The number of ether oxygens (including phenoxy) is 1. The largest absolute Gasteiger partial charge is 0.491 e. The molecule has 0 saturated carbocycles. The summed E-state index contributed by atoms with van der Waals surface area (Å²) in [5, 5.41) is 10.2. The van der Waals surface area contributed by atoms with Gasteiger partial charge in [-0.15, -0.1) is 0 Å². The van der Waals surface area contributed by atoms with Crippen molar-refractivity contribution in [2.75, 3.05) is 19.7 Å². The van der Waals surface area contributed by atoms with Gasteiger partial charge in [0.05, 0.1) is 0 Å². The summed E-state index contributed by atoms with van der Waals surface area (Å²) in [5.74, 6) is 0.822. The molecule has 0 bridgehead atoms. The minimum atomic E-state index is -0.467. The fourth-order valence-electron chi connectivity index (χ4n) is 2.96. The summed E-state index contributed by atoms with van der Waals surface area (Å²) in [6.07, 6.45) is 0.590. The van der Waals surface area contributed by atoms with Gasteiger partial charge < -0.3 is 9.84 Å². The van der Waals surface area contributed by atoms with Crippen LogP contribution in [0.3, 0.4) is 0 Å². The van der Waals surface area contributed by atoms with Crippen molar-refractivity contribution >= 4 is 0 Å². The Hall–Kier alpha value is -1.84. The molecule has 1 heterocycles. The van der Waals surface area contributed by atoms with Gasteiger partial charge in [-0.1, -0.05) is 36.4 Å². The smallest absolute Gasteiger partial charge is 0.119 e.